The lowest BCUT2D eigenvalue weighted by Gasteiger charge is -2.10. The zero-order valence-electron chi connectivity index (χ0n) is 10.1. The average molecular weight is 294 g/mol. The number of aromatic nitrogens is 2. The minimum Gasteiger partial charge on any atom is -0.378 e. The summed E-state index contributed by atoms with van der Waals surface area (Å²) in [5, 5.41) is 3.41. The molecule has 0 amide bonds. The Kier molecular flexibility index (Phi) is 3.84. The molecule has 0 aliphatic heterocycles. The van der Waals surface area contributed by atoms with Gasteiger partial charge in [0.25, 0.3) is 0 Å². The third-order valence-corrected chi connectivity index (χ3v) is 3.26. The van der Waals surface area contributed by atoms with Crippen LogP contribution in [0.25, 0.3) is 0 Å². The van der Waals surface area contributed by atoms with Crippen LogP contribution < -0.4 is 5.32 Å². The van der Waals surface area contributed by atoms with Crippen LogP contribution in [0, 0.1) is 6.92 Å². The minimum absolute atomic E-state index is 0.753. The number of nitrogens with one attached hydrogen (secondary N) is 1. The van der Waals surface area contributed by atoms with Gasteiger partial charge in [-0.1, -0.05) is 15.9 Å². The van der Waals surface area contributed by atoms with Gasteiger partial charge in [-0.25, -0.2) is 4.98 Å². The summed E-state index contributed by atoms with van der Waals surface area (Å²) in [6, 6.07) is 6.23. The van der Waals surface area contributed by atoms with Crippen molar-refractivity contribution in [1.29, 1.82) is 0 Å². The molecule has 0 saturated carbocycles. The molecular weight excluding hydrogens is 278 g/mol. The van der Waals surface area contributed by atoms with E-state index in [-0.39, 0.29) is 0 Å². The van der Waals surface area contributed by atoms with Gasteiger partial charge in [-0.3, -0.25) is 0 Å². The fourth-order valence-electron chi connectivity index (χ4n) is 1.79. The Balaban J connectivity index is 2.07. The first kappa shape index (κ1) is 12.2. The molecule has 0 atom stereocenters. The first-order valence-corrected chi connectivity index (χ1v) is 6.50. The molecule has 2 rings (SSSR count). The van der Waals surface area contributed by atoms with Gasteiger partial charge < -0.3 is 9.88 Å². The third kappa shape index (κ3) is 2.88. The smallest absolute Gasteiger partial charge is 0.128 e. The van der Waals surface area contributed by atoms with Crippen molar-refractivity contribution in [2.24, 2.45) is 0 Å². The second-order valence-electron chi connectivity index (χ2n) is 3.94. The van der Waals surface area contributed by atoms with Crippen LogP contribution in [-0.2, 0) is 13.1 Å². The minimum atomic E-state index is 0.753. The summed E-state index contributed by atoms with van der Waals surface area (Å²) in [7, 11) is 0. The highest BCUT2D eigenvalue weighted by Gasteiger charge is 2.02. The second kappa shape index (κ2) is 5.36. The molecule has 17 heavy (non-hydrogen) atoms. The van der Waals surface area contributed by atoms with Crippen LogP contribution in [0.5, 0.6) is 0 Å². The van der Waals surface area contributed by atoms with Gasteiger partial charge in [-0.2, -0.15) is 0 Å². The van der Waals surface area contributed by atoms with E-state index in [9.17, 15) is 0 Å². The van der Waals surface area contributed by atoms with E-state index >= 15 is 0 Å². The van der Waals surface area contributed by atoms with Gasteiger partial charge in [0.1, 0.15) is 5.82 Å². The molecule has 0 spiro atoms. The Hall–Kier alpha value is -1.29. The zero-order valence-corrected chi connectivity index (χ0v) is 11.7. The van der Waals surface area contributed by atoms with Gasteiger partial charge in [0.2, 0.25) is 0 Å². The molecule has 1 N–H and O–H groups in total. The van der Waals surface area contributed by atoms with Crippen LogP contribution >= 0.6 is 15.9 Å². The lowest BCUT2D eigenvalue weighted by Crippen LogP contribution is -2.08. The van der Waals surface area contributed by atoms with Crippen molar-refractivity contribution in [1.82, 2.24) is 9.55 Å². The van der Waals surface area contributed by atoms with Crippen molar-refractivity contribution >= 4 is 21.6 Å². The summed E-state index contributed by atoms with van der Waals surface area (Å²) >= 11 is 3.46. The van der Waals surface area contributed by atoms with Crippen molar-refractivity contribution in [3.05, 3.63) is 46.5 Å². The van der Waals surface area contributed by atoms with Gasteiger partial charge >= 0.3 is 0 Å². The number of aryl methyl sites for hydroxylation is 2. The number of halogens is 1. The Morgan fingerprint density at radius 1 is 1.41 bits per heavy atom. The van der Waals surface area contributed by atoms with Gasteiger partial charge in [0, 0.05) is 29.1 Å². The molecule has 0 radical (unpaired) electrons. The summed E-state index contributed by atoms with van der Waals surface area (Å²) < 4.78 is 3.25. The predicted molar refractivity (Wildman–Crippen MR) is 74.1 cm³/mol. The van der Waals surface area contributed by atoms with E-state index in [2.05, 4.69) is 56.8 Å². The van der Waals surface area contributed by atoms with Gasteiger partial charge in [-0.15, -0.1) is 0 Å². The molecule has 1 aromatic heterocycles. The number of imidazole rings is 1. The Morgan fingerprint density at radius 3 is 2.94 bits per heavy atom. The van der Waals surface area contributed by atoms with Crippen molar-refractivity contribution in [2.75, 3.05) is 5.32 Å². The Bertz CT molecular complexity index is 505. The molecule has 0 fully saturated rings. The molecule has 0 unspecified atom stereocenters. The molecule has 2 aromatic rings. The summed E-state index contributed by atoms with van der Waals surface area (Å²) in [4.78, 5) is 4.34. The maximum atomic E-state index is 4.34. The van der Waals surface area contributed by atoms with Crippen LogP contribution in [0.15, 0.2) is 35.1 Å². The fourth-order valence-corrected chi connectivity index (χ4v) is 2.27. The van der Waals surface area contributed by atoms with Crippen molar-refractivity contribution in [2.45, 2.75) is 26.9 Å². The monoisotopic (exact) mass is 293 g/mol. The average Bonchev–Trinajstić information content (AvgIpc) is 2.75. The number of hydrogen-bond acceptors (Lipinski definition) is 2. The van der Waals surface area contributed by atoms with Crippen LogP contribution in [-0.4, -0.2) is 9.55 Å². The molecule has 90 valence electrons. The Labute approximate surface area is 110 Å². The second-order valence-corrected chi connectivity index (χ2v) is 4.86. The lowest BCUT2D eigenvalue weighted by atomic mass is 10.2. The maximum Gasteiger partial charge on any atom is 0.128 e. The van der Waals surface area contributed by atoms with Gasteiger partial charge in [0.15, 0.2) is 0 Å². The van der Waals surface area contributed by atoms with E-state index < -0.39 is 0 Å². The first-order valence-electron chi connectivity index (χ1n) is 5.70. The largest absolute Gasteiger partial charge is 0.378 e. The summed E-state index contributed by atoms with van der Waals surface area (Å²) in [5.41, 5.74) is 2.38. The molecule has 0 aliphatic rings. The summed E-state index contributed by atoms with van der Waals surface area (Å²) in [5.74, 6) is 1.06. The normalized spacial score (nSPS) is 10.5. The summed E-state index contributed by atoms with van der Waals surface area (Å²) in [6.07, 6.45) is 3.85. The topological polar surface area (TPSA) is 29.9 Å². The molecule has 0 saturated heterocycles. The van der Waals surface area contributed by atoms with Crippen LogP contribution in [0.4, 0.5) is 5.69 Å². The highest BCUT2D eigenvalue weighted by Crippen LogP contribution is 2.20. The molecule has 3 nitrogen and oxygen atoms in total. The van der Waals surface area contributed by atoms with Crippen LogP contribution in [0.1, 0.15) is 18.3 Å². The molecule has 4 heteroatoms. The van der Waals surface area contributed by atoms with E-state index in [0.29, 0.717) is 0 Å². The number of hydrogen-bond donors (Lipinski definition) is 1. The first-order chi connectivity index (χ1) is 8.20. The van der Waals surface area contributed by atoms with Crippen molar-refractivity contribution in [3.63, 3.8) is 0 Å². The van der Waals surface area contributed by atoms with Gasteiger partial charge in [-0.05, 0) is 37.6 Å². The molecular formula is C13H16BrN3. The van der Waals surface area contributed by atoms with Gasteiger partial charge in [0.05, 0.1) is 6.54 Å². The fraction of sp³-hybridized carbons (Fsp3) is 0.308. The van der Waals surface area contributed by atoms with E-state index in [0.717, 1.165) is 29.1 Å². The highest BCUT2D eigenvalue weighted by molar-refractivity contribution is 9.10. The zero-order chi connectivity index (χ0) is 12.3. The molecule has 0 bridgehead atoms. The third-order valence-electron chi connectivity index (χ3n) is 2.77. The number of benzene rings is 1. The Morgan fingerprint density at radius 2 is 2.24 bits per heavy atom. The van der Waals surface area contributed by atoms with Crippen molar-refractivity contribution in [3.8, 4) is 0 Å². The number of anilines is 1. The number of rotatable bonds is 4. The maximum absolute atomic E-state index is 4.34. The number of nitrogens with zero attached hydrogens (tertiary/aromatic N) is 2. The standard InChI is InChI=1S/C13H16BrN3/c1-3-17-7-6-15-13(17)9-16-12-5-4-11(14)8-10(12)2/h4-8,16H,3,9H2,1-2H3. The SMILES string of the molecule is CCn1ccnc1CNc1ccc(Br)cc1C. The molecule has 1 aromatic carbocycles. The van der Waals surface area contributed by atoms with E-state index in [4.69, 9.17) is 0 Å². The molecule has 1 heterocycles. The van der Waals surface area contributed by atoms with Crippen LogP contribution in [0.3, 0.4) is 0 Å². The highest BCUT2D eigenvalue weighted by atomic mass is 79.9. The molecule has 0 aliphatic carbocycles. The van der Waals surface area contributed by atoms with Crippen LogP contribution in [0.2, 0.25) is 0 Å². The van der Waals surface area contributed by atoms with E-state index in [1.807, 2.05) is 18.5 Å². The predicted octanol–water partition coefficient (Wildman–Crippen LogP) is 3.59. The quantitative estimate of drug-likeness (QED) is 0.934. The van der Waals surface area contributed by atoms with E-state index in [1.165, 1.54) is 5.56 Å². The summed E-state index contributed by atoms with van der Waals surface area (Å²) in [6.45, 7) is 5.93. The van der Waals surface area contributed by atoms with Crippen molar-refractivity contribution < 1.29 is 0 Å². The van der Waals surface area contributed by atoms with E-state index in [1.54, 1.807) is 0 Å². The lowest BCUT2D eigenvalue weighted by molar-refractivity contribution is 0.708.